The number of carbonyl (C=O) groups excluding carboxylic acids is 1. The van der Waals surface area contributed by atoms with Crippen LogP contribution in [0, 0.1) is 12.8 Å². The zero-order valence-corrected chi connectivity index (χ0v) is 14.7. The van der Waals surface area contributed by atoms with E-state index in [-0.39, 0.29) is 30.3 Å². The summed E-state index contributed by atoms with van der Waals surface area (Å²) in [7, 11) is 0. The molecule has 1 fully saturated rings. The number of aryl methyl sites for hydroxylation is 1. The summed E-state index contributed by atoms with van der Waals surface area (Å²) in [6.45, 7) is 8.07. The van der Waals surface area contributed by atoms with Crippen molar-refractivity contribution in [2.24, 2.45) is 11.7 Å². The first-order valence-electron chi connectivity index (χ1n) is 8.08. The summed E-state index contributed by atoms with van der Waals surface area (Å²) >= 11 is 0. The Morgan fingerprint density at radius 3 is 2.41 bits per heavy atom. The standard InChI is InChI=1S/C18H28N2O.ClH/c1-13-6-4-5-7-17(13)14(2)12-18(21)20-10-8-16(9-11-20)15(3)19;/h4-7,14-16H,8-12,19H2,1-3H3;1H. The van der Waals surface area contributed by atoms with E-state index in [0.717, 1.165) is 25.9 Å². The van der Waals surface area contributed by atoms with Crippen LogP contribution in [0.3, 0.4) is 0 Å². The van der Waals surface area contributed by atoms with Crippen LogP contribution in [0.2, 0.25) is 0 Å². The fraction of sp³-hybridized carbons (Fsp3) is 0.611. The number of amides is 1. The second-order valence-electron chi connectivity index (χ2n) is 6.54. The van der Waals surface area contributed by atoms with Crippen LogP contribution in [0.5, 0.6) is 0 Å². The maximum Gasteiger partial charge on any atom is 0.223 e. The van der Waals surface area contributed by atoms with E-state index in [9.17, 15) is 4.79 Å². The summed E-state index contributed by atoms with van der Waals surface area (Å²) in [6.07, 6.45) is 2.69. The van der Waals surface area contributed by atoms with E-state index in [4.69, 9.17) is 5.73 Å². The van der Waals surface area contributed by atoms with Gasteiger partial charge < -0.3 is 10.6 Å². The van der Waals surface area contributed by atoms with Crippen LogP contribution in [-0.2, 0) is 4.79 Å². The lowest BCUT2D eigenvalue weighted by molar-refractivity contribution is -0.133. The quantitative estimate of drug-likeness (QED) is 0.921. The van der Waals surface area contributed by atoms with Crippen molar-refractivity contribution in [2.75, 3.05) is 13.1 Å². The lowest BCUT2D eigenvalue weighted by Crippen LogP contribution is -2.42. The Morgan fingerprint density at radius 2 is 1.86 bits per heavy atom. The third-order valence-corrected chi connectivity index (χ3v) is 4.84. The fourth-order valence-electron chi connectivity index (χ4n) is 3.32. The highest BCUT2D eigenvalue weighted by Crippen LogP contribution is 2.25. The van der Waals surface area contributed by atoms with Crippen molar-refractivity contribution in [1.29, 1.82) is 0 Å². The number of nitrogens with zero attached hydrogens (tertiary/aromatic N) is 1. The molecule has 2 rings (SSSR count). The highest BCUT2D eigenvalue weighted by atomic mass is 35.5. The van der Waals surface area contributed by atoms with Gasteiger partial charge in [0.25, 0.3) is 0 Å². The van der Waals surface area contributed by atoms with Crippen LogP contribution in [0.4, 0.5) is 0 Å². The zero-order chi connectivity index (χ0) is 15.4. The summed E-state index contributed by atoms with van der Waals surface area (Å²) in [4.78, 5) is 14.5. The molecular formula is C18H29ClN2O. The van der Waals surface area contributed by atoms with Gasteiger partial charge in [-0.05, 0) is 49.7 Å². The molecule has 0 radical (unpaired) electrons. The molecule has 2 atom stereocenters. The van der Waals surface area contributed by atoms with Gasteiger partial charge in [-0.15, -0.1) is 12.4 Å². The molecule has 0 spiro atoms. The van der Waals surface area contributed by atoms with E-state index < -0.39 is 0 Å². The number of hydrogen-bond donors (Lipinski definition) is 1. The number of benzene rings is 1. The number of nitrogens with two attached hydrogens (primary N) is 1. The molecule has 1 saturated heterocycles. The molecule has 0 aliphatic carbocycles. The molecule has 1 amide bonds. The van der Waals surface area contributed by atoms with Crippen LogP contribution >= 0.6 is 12.4 Å². The molecule has 1 heterocycles. The number of rotatable bonds is 4. The average molecular weight is 325 g/mol. The fourth-order valence-corrected chi connectivity index (χ4v) is 3.32. The molecule has 3 nitrogen and oxygen atoms in total. The van der Waals surface area contributed by atoms with E-state index in [0.29, 0.717) is 12.3 Å². The van der Waals surface area contributed by atoms with Crippen LogP contribution in [0.15, 0.2) is 24.3 Å². The van der Waals surface area contributed by atoms with Crippen molar-refractivity contribution in [3.05, 3.63) is 35.4 Å². The van der Waals surface area contributed by atoms with Crippen LogP contribution in [0.1, 0.15) is 50.2 Å². The van der Waals surface area contributed by atoms with Gasteiger partial charge in [0.15, 0.2) is 0 Å². The molecule has 2 unspecified atom stereocenters. The molecule has 1 aliphatic heterocycles. The Labute approximate surface area is 140 Å². The molecule has 4 heteroatoms. The molecule has 0 bridgehead atoms. The number of halogens is 1. The topological polar surface area (TPSA) is 46.3 Å². The van der Waals surface area contributed by atoms with Gasteiger partial charge in [0.05, 0.1) is 0 Å². The van der Waals surface area contributed by atoms with E-state index in [1.807, 2.05) is 11.0 Å². The third kappa shape index (κ3) is 4.72. The summed E-state index contributed by atoms with van der Waals surface area (Å²) in [5.41, 5.74) is 8.52. The lowest BCUT2D eigenvalue weighted by atomic mass is 9.89. The van der Waals surface area contributed by atoms with Gasteiger partial charge in [-0.2, -0.15) is 0 Å². The van der Waals surface area contributed by atoms with Crippen molar-refractivity contribution in [3.63, 3.8) is 0 Å². The molecule has 0 saturated carbocycles. The number of carbonyl (C=O) groups is 1. The lowest BCUT2D eigenvalue weighted by Gasteiger charge is -2.34. The Bertz CT molecular complexity index is 482. The minimum Gasteiger partial charge on any atom is -0.343 e. The smallest absolute Gasteiger partial charge is 0.223 e. The first-order chi connectivity index (χ1) is 9.99. The first-order valence-corrected chi connectivity index (χ1v) is 8.08. The van der Waals surface area contributed by atoms with E-state index in [2.05, 4.69) is 39.0 Å². The van der Waals surface area contributed by atoms with Crippen molar-refractivity contribution < 1.29 is 4.79 Å². The Morgan fingerprint density at radius 1 is 1.27 bits per heavy atom. The van der Waals surface area contributed by atoms with Gasteiger partial charge in [0, 0.05) is 25.6 Å². The highest BCUT2D eigenvalue weighted by Gasteiger charge is 2.25. The van der Waals surface area contributed by atoms with E-state index >= 15 is 0 Å². The molecule has 22 heavy (non-hydrogen) atoms. The molecule has 124 valence electrons. The minimum atomic E-state index is 0. The summed E-state index contributed by atoms with van der Waals surface area (Å²) < 4.78 is 0. The van der Waals surface area contributed by atoms with Crippen LogP contribution in [0.25, 0.3) is 0 Å². The van der Waals surface area contributed by atoms with Crippen molar-refractivity contribution in [1.82, 2.24) is 4.90 Å². The summed E-state index contributed by atoms with van der Waals surface area (Å²) in [6, 6.07) is 8.59. The van der Waals surface area contributed by atoms with Gasteiger partial charge >= 0.3 is 0 Å². The van der Waals surface area contributed by atoms with Gasteiger partial charge in [0.1, 0.15) is 0 Å². The molecule has 0 aromatic heterocycles. The monoisotopic (exact) mass is 324 g/mol. The number of hydrogen-bond acceptors (Lipinski definition) is 2. The predicted molar refractivity (Wildman–Crippen MR) is 94.4 cm³/mol. The van der Waals surface area contributed by atoms with Gasteiger partial charge in [-0.1, -0.05) is 31.2 Å². The normalized spacial score (nSPS) is 18.5. The summed E-state index contributed by atoms with van der Waals surface area (Å²) in [5.74, 6) is 1.14. The maximum atomic E-state index is 12.5. The number of piperidine rings is 1. The van der Waals surface area contributed by atoms with Gasteiger partial charge in [-0.25, -0.2) is 0 Å². The maximum absolute atomic E-state index is 12.5. The Hall–Kier alpha value is -1.06. The SMILES string of the molecule is Cc1ccccc1C(C)CC(=O)N1CCC(C(C)N)CC1.Cl. The second kappa shape index (κ2) is 8.54. The minimum absolute atomic E-state index is 0. The van der Waals surface area contributed by atoms with Crippen LogP contribution in [-0.4, -0.2) is 29.9 Å². The molecule has 1 aromatic carbocycles. The molecular weight excluding hydrogens is 296 g/mol. The Kier molecular flexibility index (Phi) is 7.37. The third-order valence-electron chi connectivity index (χ3n) is 4.84. The predicted octanol–water partition coefficient (Wildman–Crippen LogP) is 3.50. The molecule has 2 N–H and O–H groups in total. The zero-order valence-electron chi connectivity index (χ0n) is 13.9. The van der Waals surface area contributed by atoms with Crippen molar-refractivity contribution in [3.8, 4) is 0 Å². The largest absolute Gasteiger partial charge is 0.343 e. The number of likely N-dealkylation sites (tertiary alicyclic amines) is 1. The first kappa shape index (κ1) is 19.0. The second-order valence-corrected chi connectivity index (χ2v) is 6.54. The summed E-state index contributed by atoms with van der Waals surface area (Å²) in [5, 5.41) is 0. The van der Waals surface area contributed by atoms with E-state index in [1.165, 1.54) is 11.1 Å². The molecule has 1 aromatic rings. The van der Waals surface area contributed by atoms with Crippen molar-refractivity contribution in [2.45, 2.75) is 52.0 Å². The van der Waals surface area contributed by atoms with Gasteiger partial charge in [-0.3, -0.25) is 4.79 Å². The van der Waals surface area contributed by atoms with E-state index in [1.54, 1.807) is 0 Å². The van der Waals surface area contributed by atoms with Crippen molar-refractivity contribution >= 4 is 18.3 Å². The van der Waals surface area contributed by atoms with Gasteiger partial charge in [0.2, 0.25) is 5.91 Å². The Balaban J connectivity index is 0.00000242. The average Bonchev–Trinajstić information content (AvgIpc) is 2.47. The molecule has 1 aliphatic rings. The highest BCUT2D eigenvalue weighted by molar-refractivity contribution is 5.85. The van der Waals surface area contributed by atoms with Crippen LogP contribution < -0.4 is 5.73 Å².